The van der Waals surface area contributed by atoms with Gasteiger partial charge >= 0.3 is 0 Å². The molecular weight excluding hydrogens is 470 g/mol. The third-order valence-corrected chi connectivity index (χ3v) is 7.51. The molecule has 4 aromatic rings. The zero-order valence-corrected chi connectivity index (χ0v) is 21.6. The van der Waals surface area contributed by atoms with Crippen LogP contribution < -0.4 is 4.74 Å². The van der Waals surface area contributed by atoms with E-state index in [9.17, 15) is 5.11 Å². The Morgan fingerprint density at radius 2 is 1.69 bits per heavy atom. The van der Waals surface area contributed by atoms with E-state index in [2.05, 4.69) is 46.7 Å². The zero-order chi connectivity index (χ0) is 25.0. The summed E-state index contributed by atoms with van der Waals surface area (Å²) in [6.07, 6.45) is 3.38. The van der Waals surface area contributed by atoms with Crippen molar-refractivity contribution >= 4 is 22.6 Å². The van der Waals surface area contributed by atoms with Gasteiger partial charge in [0.25, 0.3) is 0 Å². The number of ether oxygens (including phenoxy) is 1. The van der Waals surface area contributed by atoms with E-state index in [0.29, 0.717) is 11.6 Å². The van der Waals surface area contributed by atoms with Crippen LogP contribution in [0.5, 0.6) is 5.75 Å². The number of aliphatic hydroxyl groups is 1. The van der Waals surface area contributed by atoms with E-state index in [1.165, 1.54) is 11.1 Å². The van der Waals surface area contributed by atoms with E-state index < -0.39 is 5.60 Å². The molecule has 1 aliphatic heterocycles. The summed E-state index contributed by atoms with van der Waals surface area (Å²) in [6, 6.07) is 24.1. The first-order valence-electron chi connectivity index (χ1n) is 12.8. The van der Waals surface area contributed by atoms with Crippen LogP contribution in [0.2, 0.25) is 5.02 Å². The van der Waals surface area contributed by atoms with Gasteiger partial charge in [0, 0.05) is 31.1 Å². The van der Waals surface area contributed by atoms with Gasteiger partial charge in [-0.3, -0.25) is 0 Å². The van der Waals surface area contributed by atoms with Crippen LogP contribution >= 0.6 is 11.6 Å². The lowest BCUT2D eigenvalue weighted by atomic mass is 9.85. The van der Waals surface area contributed by atoms with Crippen LogP contribution in [-0.2, 0) is 19.6 Å². The van der Waals surface area contributed by atoms with Crippen molar-refractivity contribution in [3.63, 3.8) is 0 Å². The molecule has 1 N–H and O–H groups in total. The highest BCUT2D eigenvalue weighted by Crippen LogP contribution is 2.27. The van der Waals surface area contributed by atoms with E-state index in [0.717, 1.165) is 74.5 Å². The first-order chi connectivity index (χ1) is 17.5. The molecule has 6 heteroatoms. The number of hydrogen-bond donors (Lipinski definition) is 1. The quantitative estimate of drug-likeness (QED) is 0.302. The van der Waals surface area contributed by atoms with E-state index >= 15 is 0 Å². The third kappa shape index (κ3) is 5.92. The number of para-hydroxylation sites is 1. The number of rotatable bonds is 9. The van der Waals surface area contributed by atoms with Crippen molar-refractivity contribution in [3.05, 3.63) is 94.8 Å². The first kappa shape index (κ1) is 24.8. The number of imidazole rings is 1. The van der Waals surface area contributed by atoms with Gasteiger partial charge in [-0.1, -0.05) is 54.1 Å². The second-order valence-corrected chi connectivity index (χ2v) is 10.4. The Labute approximate surface area is 218 Å². The topological polar surface area (TPSA) is 50.5 Å². The van der Waals surface area contributed by atoms with Crippen LogP contribution in [0.4, 0.5) is 0 Å². The van der Waals surface area contributed by atoms with Crippen molar-refractivity contribution in [2.45, 2.75) is 51.4 Å². The second kappa shape index (κ2) is 11.0. The average molecular weight is 504 g/mol. The monoisotopic (exact) mass is 503 g/mol. The predicted molar refractivity (Wildman–Crippen MR) is 146 cm³/mol. The van der Waals surface area contributed by atoms with Crippen molar-refractivity contribution < 1.29 is 9.84 Å². The van der Waals surface area contributed by atoms with E-state index in [1.807, 2.05) is 42.5 Å². The lowest BCUT2D eigenvalue weighted by Crippen LogP contribution is -2.46. The van der Waals surface area contributed by atoms with Gasteiger partial charge in [-0.15, -0.1) is 0 Å². The summed E-state index contributed by atoms with van der Waals surface area (Å²) in [4.78, 5) is 7.41. The lowest BCUT2D eigenvalue weighted by Gasteiger charge is -2.38. The Hall–Kier alpha value is -2.86. The van der Waals surface area contributed by atoms with E-state index in [4.69, 9.17) is 21.3 Å². The van der Waals surface area contributed by atoms with E-state index in [-0.39, 0.29) is 0 Å². The minimum Gasteiger partial charge on any atom is -0.486 e. The molecule has 0 aliphatic carbocycles. The number of fused-ring (bicyclic) bond motifs is 1. The van der Waals surface area contributed by atoms with Crippen LogP contribution in [0.1, 0.15) is 36.2 Å². The van der Waals surface area contributed by atoms with Gasteiger partial charge in [0.1, 0.15) is 18.2 Å². The minimum absolute atomic E-state index is 0.409. The predicted octanol–water partition coefficient (Wildman–Crippen LogP) is 6.04. The largest absolute Gasteiger partial charge is 0.486 e. The fourth-order valence-electron chi connectivity index (χ4n) is 5.17. The van der Waals surface area contributed by atoms with Gasteiger partial charge in [0.2, 0.25) is 0 Å². The Morgan fingerprint density at radius 1 is 0.944 bits per heavy atom. The molecule has 1 aromatic heterocycles. The molecule has 5 rings (SSSR count). The van der Waals surface area contributed by atoms with Gasteiger partial charge in [0.15, 0.2) is 0 Å². The van der Waals surface area contributed by atoms with Crippen LogP contribution in [0, 0.1) is 6.92 Å². The highest BCUT2D eigenvalue weighted by molar-refractivity contribution is 6.30. The van der Waals surface area contributed by atoms with Gasteiger partial charge in [-0.25, -0.2) is 4.98 Å². The van der Waals surface area contributed by atoms with Crippen LogP contribution in [-0.4, -0.2) is 44.8 Å². The molecule has 2 heterocycles. The molecule has 0 saturated carbocycles. The maximum Gasteiger partial charge on any atom is 0.148 e. The van der Waals surface area contributed by atoms with Gasteiger partial charge in [-0.2, -0.15) is 0 Å². The molecule has 0 amide bonds. The second-order valence-electron chi connectivity index (χ2n) is 9.95. The molecule has 36 heavy (non-hydrogen) atoms. The Kier molecular flexibility index (Phi) is 7.61. The summed E-state index contributed by atoms with van der Waals surface area (Å²) in [5, 5.41) is 11.8. The van der Waals surface area contributed by atoms with Gasteiger partial charge in [-0.05, 0) is 74.2 Å². The zero-order valence-electron chi connectivity index (χ0n) is 20.9. The Morgan fingerprint density at radius 3 is 2.44 bits per heavy atom. The molecule has 1 aliphatic rings. The number of aromatic nitrogens is 2. The normalized spacial score (nSPS) is 15.9. The number of nitrogens with zero attached hydrogens (tertiary/aromatic N) is 3. The molecule has 5 nitrogen and oxygen atoms in total. The number of piperidine rings is 1. The number of likely N-dealkylation sites (tertiary alicyclic amines) is 1. The van der Waals surface area contributed by atoms with Gasteiger partial charge < -0.3 is 19.3 Å². The summed E-state index contributed by atoms with van der Waals surface area (Å²) < 4.78 is 8.34. The SMILES string of the molecule is Cc1cccc2c1nc(COc1ccc(Cl)cc1)n2CCCN1CCC(O)(Cc2ccccc2)CC1. The number of benzene rings is 3. The third-order valence-electron chi connectivity index (χ3n) is 7.26. The maximum atomic E-state index is 11.1. The molecule has 1 saturated heterocycles. The van der Waals surface area contributed by atoms with Crippen molar-refractivity contribution in [2.75, 3.05) is 19.6 Å². The molecular formula is C30H34ClN3O2. The summed E-state index contributed by atoms with van der Waals surface area (Å²) >= 11 is 6.01. The molecule has 0 atom stereocenters. The maximum absolute atomic E-state index is 11.1. The molecule has 0 radical (unpaired) electrons. The number of halogens is 1. The standard InChI is InChI=1S/C30H34ClN3O2/c1-23-7-5-10-27-29(23)32-28(22-36-26-13-11-25(31)12-14-26)34(27)18-6-17-33-19-15-30(35,16-20-33)21-24-8-3-2-4-9-24/h2-5,7-14,35H,6,15-22H2,1H3. The van der Waals surface area contributed by atoms with E-state index in [1.54, 1.807) is 0 Å². The molecule has 1 fully saturated rings. The van der Waals surface area contributed by atoms with Crippen molar-refractivity contribution in [3.8, 4) is 5.75 Å². The summed E-state index contributed by atoms with van der Waals surface area (Å²) in [5.74, 6) is 1.72. The number of hydrogen-bond acceptors (Lipinski definition) is 4. The lowest BCUT2D eigenvalue weighted by molar-refractivity contribution is -0.0209. The van der Waals surface area contributed by atoms with Crippen molar-refractivity contribution in [1.29, 1.82) is 0 Å². The summed E-state index contributed by atoms with van der Waals surface area (Å²) in [6.45, 7) is 6.26. The summed E-state index contributed by atoms with van der Waals surface area (Å²) in [5.41, 5.74) is 3.98. The highest BCUT2D eigenvalue weighted by Gasteiger charge is 2.32. The van der Waals surface area contributed by atoms with Crippen LogP contribution in [0.25, 0.3) is 11.0 Å². The molecule has 0 bridgehead atoms. The molecule has 0 unspecified atom stereocenters. The highest BCUT2D eigenvalue weighted by atomic mass is 35.5. The molecule has 0 spiro atoms. The minimum atomic E-state index is -0.595. The summed E-state index contributed by atoms with van der Waals surface area (Å²) in [7, 11) is 0. The van der Waals surface area contributed by atoms with Gasteiger partial charge in [0.05, 0.1) is 16.6 Å². The van der Waals surface area contributed by atoms with Crippen LogP contribution in [0.15, 0.2) is 72.8 Å². The Balaban J connectivity index is 1.20. The van der Waals surface area contributed by atoms with Crippen LogP contribution in [0.3, 0.4) is 0 Å². The molecule has 188 valence electrons. The number of aryl methyl sites for hydroxylation is 2. The smallest absolute Gasteiger partial charge is 0.148 e. The average Bonchev–Trinajstić information content (AvgIpc) is 3.24. The Bertz CT molecular complexity index is 1280. The fourth-order valence-corrected chi connectivity index (χ4v) is 5.30. The molecule has 3 aromatic carbocycles. The first-order valence-corrected chi connectivity index (χ1v) is 13.2. The van der Waals surface area contributed by atoms with Crippen molar-refractivity contribution in [2.24, 2.45) is 0 Å². The van der Waals surface area contributed by atoms with Crippen molar-refractivity contribution in [1.82, 2.24) is 14.5 Å². The fraction of sp³-hybridized carbons (Fsp3) is 0.367.